The molecule has 0 radical (unpaired) electrons. The van der Waals surface area contributed by atoms with Crippen molar-refractivity contribution in [3.8, 4) is 5.75 Å². The van der Waals surface area contributed by atoms with Gasteiger partial charge in [0.2, 0.25) is 21.8 Å². The molecule has 0 aromatic heterocycles. The van der Waals surface area contributed by atoms with E-state index in [0.29, 0.717) is 11.3 Å². The van der Waals surface area contributed by atoms with Crippen molar-refractivity contribution >= 4 is 50.7 Å². The molecule has 1 N–H and O–H groups in total. The third kappa shape index (κ3) is 7.75. The largest absolute Gasteiger partial charge is 0.497 e. The Balaban J connectivity index is 2.45. The molecule has 0 spiro atoms. The number of nitrogens with zero attached hydrogens (tertiary/aromatic N) is 2. The number of nitrogens with one attached hydrogen (secondary N) is 1. The van der Waals surface area contributed by atoms with Crippen LogP contribution in [0.5, 0.6) is 5.75 Å². The smallest absolute Gasteiger partial charge is 0.244 e. The zero-order chi connectivity index (χ0) is 26.3. The van der Waals surface area contributed by atoms with Crippen LogP contribution in [0.3, 0.4) is 0 Å². The van der Waals surface area contributed by atoms with E-state index in [9.17, 15) is 18.0 Å². The fourth-order valence-corrected chi connectivity index (χ4v) is 4.60. The average Bonchev–Trinajstić information content (AvgIpc) is 2.81. The topological polar surface area (TPSA) is 96.0 Å². The highest BCUT2D eigenvalue weighted by molar-refractivity contribution is 7.92. The Morgan fingerprint density at radius 3 is 2.37 bits per heavy atom. The highest BCUT2D eigenvalue weighted by Crippen LogP contribution is 2.33. The Labute approximate surface area is 217 Å². The standard InChI is InChI=1S/C24H31Cl2N3O5S/c1-6-16(2)27-24(31)17(3)28(14-18-9-7-10-19(13-18)34-4)22(30)15-29(35(5,32)33)21-12-8-11-20(25)23(21)26/h7-13,16-17H,6,14-15H2,1-5H3,(H,27,31). The van der Waals surface area contributed by atoms with Crippen molar-refractivity contribution in [2.24, 2.45) is 0 Å². The second kappa shape index (κ2) is 12.5. The van der Waals surface area contributed by atoms with E-state index in [1.165, 1.54) is 24.1 Å². The van der Waals surface area contributed by atoms with Crippen molar-refractivity contribution in [1.29, 1.82) is 0 Å². The van der Waals surface area contributed by atoms with Crippen molar-refractivity contribution in [1.82, 2.24) is 10.2 Å². The van der Waals surface area contributed by atoms with Gasteiger partial charge in [-0.2, -0.15) is 0 Å². The van der Waals surface area contributed by atoms with Gasteiger partial charge < -0.3 is 15.0 Å². The van der Waals surface area contributed by atoms with Gasteiger partial charge in [-0.05, 0) is 50.1 Å². The fourth-order valence-electron chi connectivity index (χ4n) is 3.30. The van der Waals surface area contributed by atoms with Gasteiger partial charge in [0.25, 0.3) is 0 Å². The maximum absolute atomic E-state index is 13.6. The summed E-state index contributed by atoms with van der Waals surface area (Å²) in [7, 11) is -2.39. The minimum Gasteiger partial charge on any atom is -0.497 e. The number of carbonyl (C=O) groups excluding carboxylic acids is 2. The molecule has 2 atom stereocenters. The van der Waals surface area contributed by atoms with E-state index in [1.54, 1.807) is 37.3 Å². The van der Waals surface area contributed by atoms with E-state index in [1.807, 2.05) is 13.8 Å². The lowest BCUT2D eigenvalue weighted by Gasteiger charge is -2.32. The molecule has 0 aliphatic heterocycles. The predicted molar refractivity (Wildman–Crippen MR) is 140 cm³/mol. The Hall–Kier alpha value is -2.49. The number of rotatable bonds is 11. The summed E-state index contributed by atoms with van der Waals surface area (Å²) in [5.41, 5.74) is 0.792. The first-order valence-corrected chi connectivity index (χ1v) is 13.6. The molecular weight excluding hydrogens is 513 g/mol. The first-order valence-electron chi connectivity index (χ1n) is 11.0. The van der Waals surface area contributed by atoms with Crippen molar-refractivity contribution in [2.45, 2.75) is 45.8 Å². The van der Waals surface area contributed by atoms with Crippen LogP contribution in [0.2, 0.25) is 10.0 Å². The number of amides is 2. The molecule has 35 heavy (non-hydrogen) atoms. The molecule has 2 aromatic carbocycles. The van der Waals surface area contributed by atoms with Crippen LogP contribution in [-0.2, 0) is 26.2 Å². The Kier molecular flexibility index (Phi) is 10.2. The van der Waals surface area contributed by atoms with Crippen LogP contribution in [0.15, 0.2) is 42.5 Å². The number of anilines is 1. The van der Waals surface area contributed by atoms with Gasteiger partial charge in [-0.1, -0.05) is 48.3 Å². The van der Waals surface area contributed by atoms with Gasteiger partial charge in [-0.15, -0.1) is 0 Å². The van der Waals surface area contributed by atoms with E-state index in [-0.39, 0.29) is 34.2 Å². The Morgan fingerprint density at radius 1 is 1.11 bits per heavy atom. The van der Waals surface area contributed by atoms with Gasteiger partial charge in [0.05, 0.1) is 29.1 Å². The number of benzene rings is 2. The Morgan fingerprint density at radius 2 is 1.77 bits per heavy atom. The maximum atomic E-state index is 13.6. The lowest BCUT2D eigenvalue weighted by molar-refractivity contribution is -0.139. The van der Waals surface area contributed by atoms with Gasteiger partial charge in [0.1, 0.15) is 18.3 Å². The summed E-state index contributed by atoms with van der Waals surface area (Å²) in [5.74, 6) is -0.335. The number of ether oxygens (including phenoxy) is 1. The minimum absolute atomic E-state index is 0.00861. The Bertz CT molecular complexity index is 1160. The van der Waals surface area contributed by atoms with E-state index >= 15 is 0 Å². The van der Waals surface area contributed by atoms with Crippen molar-refractivity contribution in [3.05, 3.63) is 58.1 Å². The van der Waals surface area contributed by atoms with Gasteiger partial charge in [0, 0.05) is 12.6 Å². The van der Waals surface area contributed by atoms with E-state index in [0.717, 1.165) is 17.0 Å². The molecular formula is C24H31Cl2N3O5S. The third-order valence-corrected chi connectivity index (χ3v) is 7.47. The quantitative estimate of drug-likeness (QED) is 0.460. The van der Waals surface area contributed by atoms with E-state index in [4.69, 9.17) is 27.9 Å². The average molecular weight is 545 g/mol. The first kappa shape index (κ1) is 28.7. The highest BCUT2D eigenvalue weighted by atomic mass is 35.5. The SMILES string of the molecule is CCC(C)NC(=O)C(C)N(Cc1cccc(OC)c1)C(=O)CN(c1cccc(Cl)c1Cl)S(C)(=O)=O. The molecule has 192 valence electrons. The lowest BCUT2D eigenvalue weighted by Crippen LogP contribution is -2.52. The van der Waals surface area contributed by atoms with Crippen LogP contribution >= 0.6 is 23.2 Å². The summed E-state index contributed by atoms with van der Waals surface area (Å²) < 4.78 is 31.4. The monoisotopic (exact) mass is 543 g/mol. The van der Waals surface area contributed by atoms with E-state index < -0.39 is 28.5 Å². The number of sulfonamides is 1. The van der Waals surface area contributed by atoms with Crippen LogP contribution < -0.4 is 14.4 Å². The highest BCUT2D eigenvalue weighted by Gasteiger charge is 2.31. The fraction of sp³-hybridized carbons (Fsp3) is 0.417. The number of hydrogen-bond acceptors (Lipinski definition) is 5. The van der Waals surface area contributed by atoms with Crippen LogP contribution in [0, 0.1) is 0 Å². The predicted octanol–water partition coefficient (Wildman–Crippen LogP) is 4.10. The van der Waals surface area contributed by atoms with Crippen LogP contribution in [0.4, 0.5) is 5.69 Å². The first-order chi connectivity index (χ1) is 16.4. The van der Waals surface area contributed by atoms with Gasteiger partial charge >= 0.3 is 0 Å². The van der Waals surface area contributed by atoms with Crippen LogP contribution in [-0.4, -0.2) is 57.1 Å². The molecule has 0 bridgehead atoms. The summed E-state index contributed by atoms with van der Waals surface area (Å²) in [6.45, 7) is 4.90. The summed E-state index contributed by atoms with van der Waals surface area (Å²) in [4.78, 5) is 27.8. The summed E-state index contributed by atoms with van der Waals surface area (Å²) in [6, 6.07) is 10.7. The molecule has 2 amide bonds. The van der Waals surface area contributed by atoms with Crippen LogP contribution in [0.1, 0.15) is 32.8 Å². The zero-order valence-corrected chi connectivity index (χ0v) is 22.7. The van der Waals surface area contributed by atoms with Gasteiger partial charge in [-0.25, -0.2) is 8.42 Å². The molecule has 8 nitrogen and oxygen atoms in total. The molecule has 0 saturated carbocycles. The number of carbonyl (C=O) groups is 2. The second-order valence-corrected chi connectivity index (χ2v) is 10.9. The zero-order valence-electron chi connectivity index (χ0n) is 20.4. The van der Waals surface area contributed by atoms with Crippen molar-refractivity contribution in [2.75, 3.05) is 24.2 Å². The van der Waals surface area contributed by atoms with Crippen molar-refractivity contribution in [3.63, 3.8) is 0 Å². The minimum atomic E-state index is -3.92. The van der Waals surface area contributed by atoms with Crippen LogP contribution in [0.25, 0.3) is 0 Å². The molecule has 2 unspecified atom stereocenters. The molecule has 0 fully saturated rings. The molecule has 11 heteroatoms. The normalized spacial score (nSPS) is 13.0. The van der Waals surface area contributed by atoms with E-state index in [2.05, 4.69) is 5.32 Å². The summed E-state index contributed by atoms with van der Waals surface area (Å²) in [6.07, 6.45) is 1.69. The van der Waals surface area contributed by atoms with Crippen molar-refractivity contribution < 1.29 is 22.7 Å². The molecule has 2 aromatic rings. The van der Waals surface area contributed by atoms with Gasteiger partial charge in [0.15, 0.2) is 0 Å². The second-order valence-electron chi connectivity index (χ2n) is 8.21. The maximum Gasteiger partial charge on any atom is 0.244 e. The molecule has 0 aliphatic rings. The molecule has 0 aliphatic carbocycles. The molecule has 2 rings (SSSR count). The van der Waals surface area contributed by atoms with Gasteiger partial charge in [-0.3, -0.25) is 13.9 Å². The summed E-state index contributed by atoms with van der Waals surface area (Å²) >= 11 is 12.3. The number of hydrogen-bond donors (Lipinski definition) is 1. The molecule has 0 heterocycles. The lowest BCUT2D eigenvalue weighted by atomic mass is 10.1. The third-order valence-electron chi connectivity index (χ3n) is 5.53. The number of methoxy groups -OCH3 is 1. The number of halogens is 2. The summed E-state index contributed by atoms with van der Waals surface area (Å²) in [5, 5.41) is 3.04. The molecule has 0 saturated heterocycles.